The van der Waals surface area contributed by atoms with Crippen LogP contribution in [0.1, 0.15) is 58.9 Å². The molecule has 0 aliphatic heterocycles. The molecule has 36 heavy (non-hydrogen) atoms. The number of alkyl halides is 1. The minimum Gasteiger partial charge on any atom is -0.453 e. The van der Waals surface area contributed by atoms with Gasteiger partial charge in [-0.25, -0.2) is 13.5 Å². The van der Waals surface area contributed by atoms with Crippen molar-refractivity contribution in [2.45, 2.75) is 76.7 Å². The molecule has 2 aromatic heterocycles. The second-order valence-electron chi connectivity index (χ2n) is 10.3. The molecule has 2 heterocycles. The van der Waals surface area contributed by atoms with E-state index in [-0.39, 0.29) is 30.5 Å². The summed E-state index contributed by atoms with van der Waals surface area (Å²) in [6.07, 6.45) is 8.63. The summed E-state index contributed by atoms with van der Waals surface area (Å²) in [5, 5.41) is 21.1. The summed E-state index contributed by atoms with van der Waals surface area (Å²) in [4.78, 5) is 26.2. The van der Waals surface area contributed by atoms with E-state index in [1.165, 1.54) is 23.9 Å². The average molecular weight is 504 g/mol. The topological polar surface area (TPSA) is 111 Å². The third-order valence-corrected chi connectivity index (χ3v) is 6.30. The minimum absolute atomic E-state index is 0.0601. The highest BCUT2D eigenvalue weighted by Gasteiger charge is 2.36. The number of nitrogens with one attached hydrogen (secondary N) is 1. The van der Waals surface area contributed by atoms with Crippen LogP contribution >= 0.6 is 0 Å². The zero-order valence-electron chi connectivity index (χ0n) is 20.6. The van der Waals surface area contributed by atoms with Crippen molar-refractivity contribution >= 4 is 11.7 Å². The van der Waals surface area contributed by atoms with E-state index in [1.54, 1.807) is 26.1 Å². The number of rotatable bonds is 9. The number of carbonyl (C=O) groups excluding carboxylic acids is 1. The molecule has 1 amide bonds. The van der Waals surface area contributed by atoms with Gasteiger partial charge in [-0.15, -0.1) is 0 Å². The van der Waals surface area contributed by atoms with Gasteiger partial charge in [-0.05, 0) is 39.2 Å². The molecular weight excluding hydrogens is 472 g/mol. The number of hydrogen-bond donors (Lipinski definition) is 2. The Hall–Kier alpha value is -3.34. The normalized spacial score (nSPS) is 21.3. The van der Waals surface area contributed by atoms with Gasteiger partial charge in [-0.3, -0.25) is 14.3 Å². The first kappa shape index (κ1) is 25.7. The van der Waals surface area contributed by atoms with E-state index in [0.717, 1.165) is 36.1 Å². The quantitative estimate of drug-likeness (QED) is 0.538. The minimum atomic E-state index is -2.06. The van der Waals surface area contributed by atoms with Gasteiger partial charge in [-0.2, -0.15) is 10.2 Å². The van der Waals surface area contributed by atoms with E-state index in [2.05, 4.69) is 15.5 Å². The van der Waals surface area contributed by atoms with Gasteiger partial charge in [0.15, 0.2) is 28.8 Å². The van der Waals surface area contributed by atoms with Crippen molar-refractivity contribution in [3.05, 3.63) is 58.6 Å². The third kappa shape index (κ3) is 6.07. The Labute approximate surface area is 207 Å². The molecular formula is C25H31F2N5O4. The van der Waals surface area contributed by atoms with Crippen molar-refractivity contribution in [3.63, 3.8) is 0 Å². The number of allylic oxidation sites excluding steroid dienone is 4. The number of amides is 1. The van der Waals surface area contributed by atoms with E-state index in [4.69, 9.17) is 4.74 Å². The molecule has 9 nitrogen and oxygen atoms in total. The van der Waals surface area contributed by atoms with E-state index >= 15 is 0 Å². The summed E-state index contributed by atoms with van der Waals surface area (Å²) >= 11 is 0. The van der Waals surface area contributed by atoms with Crippen molar-refractivity contribution in [3.8, 4) is 5.75 Å². The van der Waals surface area contributed by atoms with Crippen LogP contribution in [0.4, 0.5) is 14.6 Å². The molecule has 1 fully saturated rings. The maximum atomic E-state index is 14.7. The maximum Gasteiger partial charge on any atom is 0.271 e. The van der Waals surface area contributed by atoms with Crippen molar-refractivity contribution in [2.75, 3.05) is 5.32 Å². The lowest BCUT2D eigenvalue weighted by molar-refractivity contribution is -0.120. The standard InChI is InChI=1S/C25H31F2N5O4/c1-24(2,35)15-31-11-9-20(30-31)29-23(34)19(12-16-6-4-7-16)32-21(33)13-17(14-28-32)36-22-18(26)8-5-10-25(22,3)27/h5,8-9,11,13-14,16,19,35H,4,6-7,10,12,15H2,1-3H3,(H,29,30,34). The summed E-state index contributed by atoms with van der Waals surface area (Å²) in [6.45, 7) is 4.73. The first-order chi connectivity index (χ1) is 16.9. The van der Waals surface area contributed by atoms with E-state index in [1.807, 2.05) is 0 Å². The molecule has 0 saturated heterocycles. The van der Waals surface area contributed by atoms with Crippen LogP contribution in [0.5, 0.6) is 5.75 Å². The molecule has 11 heteroatoms. The molecule has 2 aromatic rings. The molecule has 0 bridgehead atoms. The van der Waals surface area contributed by atoms with Gasteiger partial charge in [0, 0.05) is 24.8 Å². The summed E-state index contributed by atoms with van der Waals surface area (Å²) in [6, 6.07) is 1.77. The Bertz CT molecular complexity index is 1240. The third-order valence-electron chi connectivity index (χ3n) is 6.30. The molecule has 2 N–H and O–H groups in total. The number of nitrogens with zero attached hydrogens (tertiary/aromatic N) is 4. The van der Waals surface area contributed by atoms with Crippen molar-refractivity contribution in [2.24, 2.45) is 5.92 Å². The summed E-state index contributed by atoms with van der Waals surface area (Å²) in [7, 11) is 0. The van der Waals surface area contributed by atoms with E-state index < -0.39 is 40.4 Å². The van der Waals surface area contributed by atoms with Gasteiger partial charge in [0.25, 0.3) is 11.5 Å². The molecule has 4 rings (SSSR count). The summed E-state index contributed by atoms with van der Waals surface area (Å²) in [5.41, 5.74) is -3.67. The highest BCUT2D eigenvalue weighted by atomic mass is 19.1. The highest BCUT2D eigenvalue weighted by molar-refractivity contribution is 5.92. The van der Waals surface area contributed by atoms with Gasteiger partial charge >= 0.3 is 0 Å². The summed E-state index contributed by atoms with van der Waals surface area (Å²) < 4.78 is 36.9. The largest absolute Gasteiger partial charge is 0.453 e. The molecule has 2 aliphatic rings. The van der Waals surface area contributed by atoms with Crippen LogP contribution in [0.25, 0.3) is 0 Å². The number of aliphatic hydroxyl groups is 1. The second-order valence-corrected chi connectivity index (χ2v) is 10.3. The molecule has 1 saturated carbocycles. The number of aromatic nitrogens is 4. The lowest BCUT2D eigenvalue weighted by atomic mass is 9.80. The number of hydrogen-bond acceptors (Lipinski definition) is 6. The zero-order chi connectivity index (χ0) is 26.1. The fraction of sp³-hybridized carbons (Fsp3) is 0.520. The monoisotopic (exact) mass is 503 g/mol. The zero-order valence-corrected chi connectivity index (χ0v) is 20.6. The van der Waals surface area contributed by atoms with Crippen LogP contribution in [0.15, 0.2) is 53.1 Å². The van der Waals surface area contributed by atoms with Crippen LogP contribution < -0.4 is 15.6 Å². The SMILES string of the molecule is CC(C)(O)Cn1ccc(NC(=O)C(CC2CCC2)n2ncc(OC3=C(F)C=CCC3(C)F)cc2=O)n1. The maximum absolute atomic E-state index is 14.7. The molecule has 0 spiro atoms. The first-order valence-electron chi connectivity index (χ1n) is 12.0. The van der Waals surface area contributed by atoms with Crippen molar-refractivity contribution in [1.29, 1.82) is 0 Å². The van der Waals surface area contributed by atoms with Crippen LogP contribution in [-0.2, 0) is 11.3 Å². The second kappa shape index (κ2) is 9.96. The predicted molar refractivity (Wildman–Crippen MR) is 129 cm³/mol. The number of anilines is 1. The molecule has 2 unspecified atom stereocenters. The smallest absolute Gasteiger partial charge is 0.271 e. The Morgan fingerprint density at radius 3 is 2.78 bits per heavy atom. The van der Waals surface area contributed by atoms with Crippen molar-refractivity contribution < 1.29 is 23.4 Å². The number of halogens is 2. The summed E-state index contributed by atoms with van der Waals surface area (Å²) in [5.74, 6) is -1.39. The van der Waals surface area contributed by atoms with Crippen LogP contribution in [0.3, 0.4) is 0 Å². The van der Waals surface area contributed by atoms with Crippen LogP contribution in [0.2, 0.25) is 0 Å². The lowest BCUT2D eigenvalue weighted by Gasteiger charge is -2.29. The predicted octanol–water partition coefficient (Wildman–Crippen LogP) is 3.83. The Balaban J connectivity index is 1.54. The van der Waals surface area contributed by atoms with Crippen molar-refractivity contribution in [1.82, 2.24) is 19.6 Å². The molecule has 194 valence electrons. The first-order valence-corrected chi connectivity index (χ1v) is 12.0. The van der Waals surface area contributed by atoms with E-state index in [0.29, 0.717) is 6.42 Å². The van der Waals surface area contributed by atoms with Gasteiger partial charge in [0.1, 0.15) is 6.04 Å². The molecule has 2 atom stereocenters. The average Bonchev–Trinajstić information content (AvgIpc) is 3.15. The fourth-order valence-corrected chi connectivity index (χ4v) is 4.25. The molecule has 0 aromatic carbocycles. The number of ether oxygens (including phenoxy) is 1. The van der Waals surface area contributed by atoms with E-state index in [9.17, 15) is 23.5 Å². The fourth-order valence-electron chi connectivity index (χ4n) is 4.25. The Morgan fingerprint density at radius 2 is 2.17 bits per heavy atom. The molecule has 0 radical (unpaired) electrons. The van der Waals surface area contributed by atoms with Gasteiger partial charge in [0.2, 0.25) is 0 Å². The Morgan fingerprint density at radius 1 is 1.42 bits per heavy atom. The molecule has 2 aliphatic carbocycles. The van der Waals surface area contributed by atoms with Crippen LogP contribution in [-0.4, -0.2) is 41.8 Å². The van der Waals surface area contributed by atoms with Gasteiger partial charge in [-0.1, -0.05) is 25.3 Å². The van der Waals surface area contributed by atoms with Gasteiger partial charge in [0.05, 0.1) is 18.3 Å². The highest BCUT2D eigenvalue weighted by Crippen LogP contribution is 2.36. The van der Waals surface area contributed by atoms with Gasteiger partial charge < -0.3 is 15.2 Å². The van der Waals surface area contributed by atoms with Crippen LogP contribution in [0, 0.1) is 5.92 Å². The lowest BCUT2D eigenvalue weighted by Crippen LogP contribution is -2.37. The Kier molecular flexibility index (Phi) is 7.12. The number of carbonyl (C=O) groups is 1.